The number of ether oxygens (including phenoxy) is 1. The highest BCUT2D eigenvalue weighted by Gasteiger charge is 2.04. The van der Waals surface area contributed by atoms with Crippen molar-refractivity contribution in [3.05, 3.63) is 35.1 Å². The molecule has 0 amide bonds. The largest absolute Gasteiger partial charge is 0.380 e. The van der Waals surface area contributed by atoms with Gasteiger partial charge in [-0.1, -0.05) is 0 Å². The first-order chi connectivity index (χ1) is 8.15. The van der Waals surface area contributed by atoms with Gasteiger partial charge >= 0.3 is 0 Å². The van der Waals surface area contributed by atoms with Crippen LogP contribution in [0.3, 0.4) is 0 Å². The SMILES string of the molecule is CCOCCN(C)Cc1cc(F)cc(C#N)c1. The molecule has 0 unspecified atom stereocenters. The molecule has 1 aromatic rings. The van der Waals surface area contributed by atoms with Crippen molar-refractivity contribution in [3.63, 3.8) is 0 Å². The van der Waals surface area contributed by atoms with Crippen molar-refractivity contribution in [3.8, 4) is 6.07 Å². The van der Waals surface area contributed by atoms with E-state index in [0.29, 0.717) is 25.3 Å². The third kappa shape index (κ3) is 4.94. The van der Waals surface area contributed by atoms with Gasteiger partial charge < -0.3 is 4.74 Å². The molecule has 0 aliphatic heterocycles. The first-order valence-corrected chi connectivity index (χ1v) is 5.61. The van der Waals surface area contributed by atoms with Crippen molar-refractivity contribution in [2.45, 2.75) is 13.5 Å². The van der Waals surface area contributed by atoms with Gasteiger partial charge in [0.1, 0.15) is 5.82 Å². The third-order valence-corrected chi connectivity index (χ3v) is 2.36. The average molecular weight is 236 g/mol. The molecule has 4 heteroatoms. The second-order valence-electron chi connectivity index (χ2n) is 3.89. The van der Waals surface area contributed by atoms with E-state index in [0.717, 1.165) is 12.1 Å². The topological polar surface area (TPSA) is 36.3 Å². The van der Waals surface area contributed by atoms with E-state index < -0.39 is 0 Å². The Balaban J connectivity index is 2.56. The Bertz CT molecular complexity index is 401. The highest BCUT2D eigenvalue weighted by Crippen LogP contribution is 2.10. The number of benzene rings is 1. The van der Waals surface area contributed by atoms with Gasteiger partial charge in [0.05, 0.1) is 18.2 Å². The fraction of sp³-hybridized carbons (Fsp3) is 0.462. The molecule has 0 N–H and O–H groups in total. The summed E-state index contributed by atoms with van der Waals surface area (Å²) in [4.78, 5) is 2.03. The molecule has 0 aliphatic rings. The molecule has 3 nitrogen and oxygen atoms in total. The van der Waals surface area contributed by atoms with Gasteiger partial charge in [0.2, 0.25) is 0 Å². The third-order valence-electron chi connectivity index (χ3n) is 2.36. The summed E-state index contributed by atoms with van der Waals surface area (Å²) in [6.45, 7) is 4.71. The minimum Gasteiger partial charge on any atom is -0.380 e. The van der Waals surface area contributed by atoms with E-state index in [9.17, 15) is 4.39 Å². The Labute approximate surface area is 101 Å². The summed E-state index contributed by atoms with van der Waals surface area (Å²) in [5, 5.41) is 8.74. The van der Waals surface area contributed by atoms with E-state index in [1.165, 1.54) is 12.1 Å². The Kier molecular flexibility index (Phi) is 5.61. The number of likely N-dealkylation sites (N-methyl/N-ethyl adjacent to an activating group) is 1. The maximum atomic E-state index is 13.2. The lowest BCUT2D eigenvalue weighted by atomic mass is 10.1. The van der Waals surface area contributed by atoms with E-state index in [1.807, 2.05) is 24.9 Å². The lowest BCUT2D eigenvalue weighted by molar-refractivity contribution is 0.120. The molecule has 0 aromatic heterocycles. The monoisotopic (exact) mass is 236 g/mol. The first kappa shape index (κ1) is 13.6. The van der Waals surface area contributed by atoms with E-state index in [4.69, 9.17) is 10.00 Å². The van der Waals surface area contributed by atoms with Gasteiger partial charge in [-0.2, -0.15) is 5.26 Å². The number of nitrogens with zero attached hydrogens (tertiary/aromatic N) is 2. The van der Waals surface area contributed by atoms with Gasteiger partial charge in [-0.3, -0.25) is 4.90 Å². The molecule has 0 heterocycles. The number of hydrogen-bond donors (Lipinski definition) is 0. The molecule has 0 radical (unpaired) electrons. The second kappa shape index (κ2) is 7.00. The van der Waals surface area contributed by atoms with Crippen LogP contribution in [0.15, 0.2) is 18.2 Å². The van der Waals surface area contributed by atoms with Gasteiger partial charge in [0.15, 0.2) is 0 Å². The van der Waals surface area contributed by atoms with Gasteiger partial charge in [-0.05, 0) is 37.7 Å². The van der Waals surface area contributed by atoms with Crippen molar-refractivity contribution in [1.29, 1.82) is 5.26 Å². The molecule has 0 spiro atoms. The lowest BCUT2D eigenvalue weighted by Crippen LogP contribution is -2.22. The van der Waals surface area contributed by atoms with Crippen molar-refractivity contribution in [2.75, 3.05) is 26.8 Å². The molecule has 1 aromatic carbocycles. The van der Waals surface area contributed by atoms with E-state index in [1.54, 1.807) is 6.07 Å². The zero-order valence-corrected chi connectivity index (χ0v) is 10.2. The van der Waals surface area contributed by atoms with E-state index >= 15 is 0 Å². The Morgan fingerprint density at radius 1 is 1.41 bits per heavy atom. The quantitative estimate of drug-likeness (QED) is 0.710. The van der Waals surface area contributed by atoms with Crippen LogP contribution in [0.1, 0.15) is 18.1 Å². The molecule has 0 atom stereocenters. The smallest absolute Gasteiger partial charge is 0.124 e. The lowest BCUT2D eigenvalue weighted by Gasteiger charge is -2.16. The van der Waals surface area contributed by atoms with Crippen molar-refractivity contribution < 1.29 is 9.13 Å². The Morgan fingerprint density at radius 2 is 2.18 bits per heavy atom. The second-order valence-corrected chi connectivity index (χ2v) is 3.89. The van der Waals surface area contributed by atoms with Crippen molar-refractivity contribution in [2.24, 2.45) is 0 Å². The minimum atomic E-state index is -0.364. The van der Waals surface area contributed by atoms with Gasteiger partial charge in [0, 0.05) is 19.7 Å². The molecule has 17 heavy (non-hydrogen) atoms. The summed E-state index contributed by atoms with van der Waals surface area (Å²) in [6.07, 6.45) is 0. The summed E-state index contributed by atoms with van der Waals surface area (Å²) in [6, 6.07) is 6.36. The summed E-state index contributed by atoms with van der Waals surface area (Å²) >= 11 is 0. The minimum absolute atomic E-state index is 0.359. The summed E-state index contributed by atoms with van der Waals surface area (Å²) in [7, 11) is 1.94. The molecule has 0 saturated heterocycles. The van der Waals surface area contributed by atoms with Crippen LogP contribution in [0.5, 0.6) is 0 Å². The zero-order chi connectivity index (χ0) is 12.7. The molecular formula is C13H17FN2O. The zero-order valence-electron chi connectivity index (χ0n) is 10.2. The maximum absolute atomic E-state index is 13.2. The maximum Gasteiger partial charge on any atom is 0.124 e. The average Bonchev–Trinajstić information content (AvgIpc) is 2.28. The molecule has 0 saturated carbocycles. The van der Waals surface area contributed by atoms with Gasteiger partial charge in [-0.15, -0.1) is 0 Å². The van der Waals surface area contributed by atoms with Crippen LogP contribution in [0, 0.1) is 17.1 Å². The predicted molar refractivity (Wildman–Crippen MR) is 63.9 cm³/mol. The van der Waals surface area contributed by atoms with Gasteiger partial charge in [-0.25, -0.2) is 4.39 Å². The summed E-state index contributed by atoms with van der Waals surface area (Å²) in [5.74, 6) is -0.364. The molecule has 0 bridgehead atoms. The molecule has 92 valence electrons. The standard InChI is InChI=1S/C13H17FN2O/c1-3-17-5-4-16(2)10-12-6-11(9-15)7-13(14)8-12/h6-8H,3-5,10H2,1-2H3. The molecule has 0 aliphatic carbocycles. The Morgan fingerprint density at radius 3 is 2.82 bits per heavy atom. The van der Waals surface area contributed by atoms with Crippen LogP contribution in [-0.2, 0) is 11.3 Å². The van der Waals surface area contributed by atoms with Crippen LogP contribution >= 0.6 is 0 Å². The number of halogens is 1. The van der Waals surface area contributed by atoms with Crippen LogP contribution in [-0.4, -0.2) is 31.7 Å². The van der Waals surface area contributed by atoms with Crippen LogP contribution in [0.2, 0.25) is 0 Å². The normalized spacial score (nSPS) is 10.5. The van der Waals surface area contributed by atoms with Crippen LogP contribution < -0.4 is 0 Å². The Hall–Kier alpha value is -1.44. The number of rotatable bonds is 6. The van der Waals surface area contributed by atoms with E-state index in [2.05, 4.69) is 0 Å². The first-order valence-electron chi connectivity index (χ1n) is 5.61. The molecule has 0 fully saturated rings. The summed E-state index contributed by atoms with van der Waals surface area (Å²) in [5.41, 5.74) is 1.17. The molecule has 1 rings (SSSR count). The molecular weight excluding hydrogens is 219 g/mol. The van der Waals surface area contributed by atoms with Crippen LogP contribution in [0.25, 0.3) is 0 Å². The van der Waals surface area contributed by atoms with Crippen molar-refractivity contribution in [1.82, 2.24) is 4.90 Å². The predicted octanol–water partition coefficient (Wildman–Crippen LogP) is 2.17. The number of nitriles is 1. The highest BCUT2D eigenvalue weighted by atomic mass is 19.1. The fourth-order valence-electron chi connectivity index (χ4n) is 1.56. The van der Waals surface area contributed by atoms with Gasteiger partial charge in [0.25, 0.3) is 0 Å². The summed E-state index contributed by atoms with van der Waals surface area (Å²) < 4.78 is 18.4. The highest BCUT2D eigenvalue weighted by molar-refractivity contribution is 5.33. The van der Waals surface area contributed by atoms with E-state index in [-0.39, 0.29) is 5.82 Å². The fourth-order valence-corrected chi connectivity index (χ4v) is 1.56. The number of hydrogen-bond acceptors (Lipinski definition) is 3. The van der Waals surface area contributed by atoms with Crippen LogP contribution in [0.4, 0.5) is 4.39 Å². The van der Waals surface area contributed by atoms with Crippen molar-refractivity contribution >= 4 is 0 Å².